The van der Waals surface area contributed by atoms with Crippen LogP contribution in [0.25, 0.3) is 0 Å². The molecule has 0 saturated heterocycles. The summed E-state index contributed by atoms with van der Waals surface area (Å²) in [6.07, 6.45) is 5.20. The molecule has 3 rings (SSSR count). The van der Waals surface area contributed by atoms with E-state index in [0.717, 1.165) is 33.4 Å². The molecule has 0 unspecified atom stereocenters. The molecule has 7 nitrogen and oxygen atoms in total. The minimum absolute atomic E-state index is 0. The van der Waals surface area contributed by atoms with Gasteiger partial charge in [0, 0.05) is 38.3 Å². The first-order chi connectivity index (χ1) is 26.3. The summed E-state index contributed by atoms with van der Waals surface area (Å²) in [5.74, 6) is 0.0710. The zero-order chi connectivity index (χ0) is 44.2. The number of hydrogen-bond acceptors (Lipinski definition) is 7. The van der Waals surface area contributed by atoms with Gasteiger partial charge in [0.2, 0.25) is 0 Å². The fraction of sp³-hybridized carbons (Fsp3) is 0.588. The number of hydrogen-bond donors (Lipinski definition) is 0. The van der Waals surface area contributed by atoms with E-state index < -0.39 is 0 Å². The maximum Gasteiger partial charge on any atom is 3.00 e. The van der Waals surface area contributed by atoms with Crippen LogP contribution in [0.15, 0.2) is 51.4 Å². The summed E-state index contributed by atoms with van der Waals surface area (Å²) in [6.45, 7) is 41.5. The van der Waals surface area contributed by atoms with Gasteiger partial charge in [0.05, 0.1) is 19.6 Å². The van der Waals surface area contributed by atoms with Crippen molar-refractivity contribution < 1.29 is 64.7 Å². The Balaban J connectivity index is 0.0000120. The van der Waals surface area contributed by atoms with Crippen molar-refractivity contribution in [2.45, 2.75) is 157 Å². The average molecular weight is 944 g/mol. The van der Waals surface area contributed by atoms with E-state index in [1.165, 1.54) is 0 Å². The van der Waals surface area contributed by atoms with Crippen molar-refractivity contribution in [3.63, 3.8) is 0 Å². The fourth-order valence-corrected chi connectivity index (χ4v) is 6.63. The Bertz CT molecular complexity index is 1740. The van der Waals surface area contributed by atoms with Gasteiger partial charge in [-0.15, -0.1) is 0 Å². The van der Waals surface area contributed by atoms with Crippen molar-refractivity contribution >= 4 is 18.6 Å². The molecule has 0 bridgehead atoms. The van der Waals surface area contributed by atoms with E-state index in [1.807, 2.05) is 18.2 Å². The summed E-state index contributed by atoms with van der Waals surface area (Å²) in [5, 5.41) is 40.7. The molecular weight excluding hydrogens is 869 g/mol. The van der Waals surface area contributed by atoms with Crippen molar-refractivity contribution in [2.24, 2.45) is 15.0 Å². The van der Waals surface area contributed by atoms with Crippen LogP contribution in [0.3, 0.4) is 0 Å². The molecule has 0 fully saturated rings. The van der Waals surface area contributed by atoms with E-state index >= 15 is 0 Å². The maximum atomic E-state index is 13.6. The molecule has 324 valence electrons. The molecule has 3 aromatic rings. The molecule has 0 aliphatic heterocycles. The first-order valence-corrected chi connectivity index (χ1v) is 21.1. The summed E-state index contributed by atoms with van der Waals surface area (Å²) in [6, 6.07) is 12.1. The SMILES string of the molecule is CC(C)(C)c1cc(C=NCCN(CCN=Cc2cc(C(C)(C)C)cc(C(C)(C)C)c2[O-])CCN=Cc2cc(C(C)(C)C)cc(C(C)(C)C)c2[O-])c([O-])c(C(C)(C)C)c1.[Eu+3]. The third-order valence-electron chi connectivity index (χ3n) is 10.7. The zero-order valence-electron chi connectivity index (χ0n) is 39.8. The normalized spacial score (nSPS) is 13.7. The number of benzene rings is 3. The molecular formula is C51H75EuN4O3. The Labute approximate surface area is 399 Å². The molecule has 8 heteroatoms. The molecule has 3 aromatic carbocycles. The minimum Gasteiger partial charge on any atom is -0.872 e. The van der Waals surface area contributed by atoms with Crippen LogP contribution >= 0.6 is 0 Å². The molecule has 0 atom stereocenters. The van der Waals surface area contributed by atoms with Crippen LogP contribution in [0, 0.1) is 49.4 Å². The van der Waals surface area contributed by atoms with Gasteiger partial charge in [0.25, 0.3) is 0 Å². The van der Waals surface area contributed by atoms with Crippen LogP contribution in [0.4, 0.5) is 0 Å². The predicted molar refractivity (Wildman–Crippen MR) is 244 cm³/mol. The Hall–Kier alpha value is -2.39. The van der Waals surface area contributed by atoms with Gasteiger partial charge in [0.1, 0.15) is 0 Å². The first-order valence-electron chi connectivity index (χ1n) is 21.1. The molecule has 0 N–H and O–H groups in total. The van der Waals surface area contributed by atoms with E-state index in [1.54, 1.807) is 18.6 Å². The van der Waals surface area contributed by atoms with E-state index in [-0.39, 0.29) is 99.1 Å². The molecule has 0 saturated carbocycles. The van der Waals surface area contributed by atoms with Crippen molar-refractivity contribution in [1.29, 1.82) is 0 Å². The Morgan fingerprint density at radius 3 is 0.797 bits per heavy atom. The molecule has 0 radical (unpaired) electrons. The number of aliphatic imine (C=N–C) groups is 3. The molecule has 0 aliphatic rings. The van der Waals surface area contributed by atoms with Crippen LogP contribution in [0.1, 0.15) is 175 Å². The molecule has 0 spiro atoms. The van der Waals surface area contributed by atoms with Gasteiger partial charge in [-0.2, -0.15) is 0 Å². The third kappa shape index (κ3) is 15.2. The van der Waals surface area contributed by atoms with Gasteiger partial charge in [-0.3, -0.25) is 19.9 Å². The van der Waals surface area contributed by atoms with Crippen LogP contribution in [0.5, 0.6) is 17.2 Å². The van der Waals surface area contributed by atoms with Gasteiger partial charge in [0.15, 0.2) is 0 Å². The van der Waals surface area contributed by atoms with Crippen LogP contribution in [-0.2, 0) is 32.5 Å². The van der Waals surface area contributed by atoms with Gasteiger partial charge >= 0.3 is 49.4 Å². The summed E-state index contributed by atoms with van der Waals surface area (Å²) >= 11 is 0. The topological polar surface area (TPSA) is 110 Å². The summed E-state index contributed by atoms with van der Waals surface area (Å²) in [4.78, 5) is 16.6. The largest absolute Gasteiger partial charge is 3.00 e. The van der Waals surface area contributed by atoms with E-state index in [2.05, 4.69) is 148 Å². The molecule has 0 amide bonds. The Kier molecular flexibility index (Phi) is 18.1. The summed E-state index contributed by atoms with van der Waals surface area (Å²) < 4.78 is 0. The van der Waals surface area contributed by atoms with Crippen LogP contribution < -0.4 is 15.3 Å². The first kappa shape index (κ1) is 52.8. The van der Waals surface area contributed by atoms with Crippen molar-refractivity contribution in [1.82, 2.24) is 4.90 Å². The predicted octanol–water partition coefficient (Wildman–Crippen LogP) is 9.65. The van der Waals surface area contributed by atoms with Crippen LogP contribution in [-0.4, -0.2) is 62.8 Å². The second-order valence-electron chi connectivity index (χ2n) is 22.3. The van der Waals surface area contributed by atoms with Crippen molar-refractivity contribution in [3.8, 4) is 17.2 Å². The summed E-state index contributed by atoms with van der Waals surface area (Å²) in [7, 11) is 0. The zero-order valence-corrected chi connectivity index (χ0v) is 42.3. The number of rotatable bonds is 12. The Morgan fingerprint density at radius 2 is 0.610 bits per heavy atom. The van der Waals surface area contributed by atoms with Gasteiger partial charge in [-0.25, -0.2) is 0 Å². The van der Waals surface area contributed by atoms with Gasteiger partial charge in [-0.1, -0.05) is 178 Å². The minimum atomic E-state index is -0.288. The van der Waals surface area contributed by atoms with Crippen molar-refractivity contribution in [3.05, 3.63) is 86.5 Å². The monoisotopic (exact) mass is 945 g/mol. The van der Waals surface area contributed by atoms with Gasteiger partial charge in [-0.05, 0) is 82.6 Å². The second kappa shape index (κ2) is 20.2. The number of nitrogens with zero attached hydrogens (tertiary/aromatic N) is 4. The molecule has 59 heavy (non-hydrogen) atoms. The quantitative estimate of drug-likeness (QED) is 0.169. The molecule has 0 heterocycles. The Morgan fingerprint density at radius 1 is 0.390 bits per heavy atom. The van der Waals surface area contributed by atoms with E-state index in [4.69, 9.17) is 15.0 Å². The maximum absolute atomic E-state index is 13.6. The molecule has 0 aliphatic carbocycles. The standard InChI is InChI=1S/C51H78N4O3.Eu/c1-46(2,3)37-25-34(43(56)40(28-37)49(10,11)12)31-52-19-22-55(23-20-53-32-35-26-38(47(4,5)6)29-41(44(35)57)50(13,14)15)24-21-54-33-36-27-39(48(7,8)9)30-42(45(36)58)51(16,17)18;/h25-33,56-58H,19-24H2,1-18H3;/q;+3/p-3. The van der Waals surface area contributed by atoms with Crippen LogP contribution in [0.2, 0.25) is 0 Å². The van der Waals surface area contributed by atoms with Gasteiger partial charge < -0.3 is 15.3 Å². The smallest absolute Gasteiger partial charge is 0.872 e. The third-order valence-corrected chi connectivity index (χ3v) is 10.7. The van der Waals surface area contributed by atoms with E-state index in [9.17, 15) is 15.3 Å². The summed E-state index contributed by atoms with van der Waals surface area (Å²) in [5.41, 5.74) is 6.36. The molecule has 0 aromatic heterocycles. The van der Waals surface area contributed by atoms with E-state index in [0.29, 0.717) is 56.0 Å². The average Bonchev–Trinajstić information content (AvgIpc) is 3.05. The fourth-order valence-electron chi connectivity index (χ4n) is 6.63. The van der Waals surface area contributed by atoms with Crippen molar-refractivity contribution in [2.75, 3.05) is 39.3 Å². The second-order valence-corrected chi connectivity index (χ2v) is 22.3.